The first-order valence-electron chi connectivity index (χ1n) is 2.68. The molecule has 0 unspecified atom stereocenters. The SMILES string of the molecule is C/C(N)=C/N(N)CCF. The maximum absolute atomic E-state index is 11.5. The van der Waals surface area contributed by atoms with Gasteiger partial charge in [0.2, 0.25) is 0 Å². The van der Waals surface area contributed by atoms with E-state index < -0.39 is 6.67 Å². The average molecular weight is 133 g/mol. The van der Waals surface area contributed by atoms with Crippen LogP contribution < -0.4 is 11.6 Å². The van der Waals surface area contributed by atoms with Crippen LogP contribution in [-0.4, -0.2) is 18.2 Å². The van der Waals surface area contributed by atoms with E-state index >= 15 is 0 Å². The third-order valence-corrected chi connectivity index (χ3v) is 0.712. The molecule has 0 radical (unpaired) electrons. The van der Waals surface area contributed by atoms with Gasteiger partial charge in [-0.3, -0.25) is 0 Å². The van der Waals surface area contributed by atoms with Crippen molar-refractivity contribution in [1.82, 2.24) is 5.01 Å². The molecule has 0 aliphatic carbocycles. The smallest absolute Gasteiger partial charge is 0.108 e. The van der Waals surface area contributed by atoms with Crippen LogP contribution in [0.1, 0.15) is 6.92 Å². The molecule has 0 aromatic heterocycles. The second-order valence-corrected chi connectivity index (χ2v) is 1.80. The Morgan fingerprint density at radius 1 is 1.78 bits per heavy atom. The Labute approximate surface area is 54.1 Å². The lowest BCUT2D eigenvalue weighted by molar-refractivity contribution is 0.333. The van der Waals surface area contributed by atoms with E-state index in [-0.39, 0.29) is 6.54 Å². The maximum atomic E-state index is 11.5. The summed E-state index contributed by atoms with van der Waals surface area (Å²) in [6.45, 7) is 1.42. The lowest BCUT2D eigenvalue weighted by Gasteiger charge is -2.10. The van der Waals surface area contributed by atoms with Gasteiger partial charge >= 0.3 is 0 Å². The lowest BCUT2D eigenvalue weighted by atomic mass is 10.5. The van der Waals surface area contributed by atoms with Crippen LogP contribution in [0.2, 0.25) is 0 Å². The summed E-state index contributed by atoms with van der Waals surface area (Å²) in [7, 11) is 0. The summed E-state index contributed by atoms with van der Waals surface area (Å²) in [6.07, 6.45) is 1.49. The zero-order valence-corrected chi connectivity index (χ0v) is 5.47. The molecule has 0 bridgehead atoms. The number of rotatable bonds is 3. The van der Waals surface area contributed by atoms with E-state index in [1.165, 1.54) is 11.2 Å². The Morgan fingerprint density at radius 3 is 2.67 bits per heavy atom. The Bertz CT molecular complexity index is 98.4. The fourth-order valence-electron chi connectivity index (χ4n) is 0.424. The molecule has 0 saturated carbocycles. The number of hydrogen-bond donors (Lipinski definition) is 2. The van der Waals surface area contributed by atoms with Gasteiger partial charge < -0.3 is 10.7 Å². The van der Waals surface area contributed by atoms with Crippen molar-refractivity contribution in [3.05, 3.63) is 11.9 Å². The van der Waals surface area contributed by atoms with Gasteiger partial charge in [0.15, 0.2) is 0 Å². The predicted octanol–water partition coefficient (Wildman–Crippen LogP) is -0.0484. The fourth-order valence-corrected chi connectivity index (χ4v) is 0.424. The minimum Gasteiger partial charge on any atom is -0.401 e. The van der Waals surface area contributed by atoms with Crippen molar-refractivity contribution in [2.45, 2.75) is 6.92 Å². The molecule has 0 aliphatic rings. The van der Waals surface area contributed by atoms with E-state index in [4.69, 9.17) is 11.6 Å². The normalized spacial score (nSPS) is 11.7. The highest BCUT2D eigenvalue weighted by Crippen LogP contribution is 1.83. The number of nitrogens with two attached hydrogens (primary N) is 2. The number of hydrazine groups is 1. The van der Waals surface area contributed by atoms with Crippen molar-refractivity contribution in [3.8, 4) is 0 Å². The van der Waals surface area contributed by atoms with Crippen molar-refractivity contribution in [2.24, 2.45) is 11.6 Å². The molecule has 3 nitrogen and oxygen atoms in total. The first kappa shape index (κ1) is 8.23. The third kappa shape index (κ3) is 5.10. The van der Waals surface area contributed by atoms with E-state index in [9.17, 15) is 4.39 Å². The average Bonchev–Trinajstić information content (AvgIpc) is 1.63. The van der Waals surface area contributed by atoms with Crippen molar-refractivity contribution in [2.75, 3.05) is 13.2 Å². The van der Waals surface area contributed by atoms with Crippen LogP contribution in [0.15, 0.2) is 11.9 Å². The summed E-state index contributed by atoms with van der Waals surface area (Å²) >= 11 is 0. The highest BCUT2D eigenvalue weighted by molar-refractivity contribution is 4.89. The monoisotopic (exact) mass is 133 g/mol. The van der Waals surface area contributed by atoms with Gasteiger partial charge in [-0.25, -0.2) is 10.2 Å². The molecule has 0 heterocycles. The molecule has 4 heteroatoms. The number of allylic oxidation sites excluding steroid dienone is 1. The molecular formula is C5H12FN3. The second-order valence-electron chi connectivity index (χ2n) is 1.80. The molecule has 0 aliphatic heterocycles. The summed E-state index contributed by atoms with van der Waals surface area (Å²) in [5.74, 6) is 5.22. The highest BCUT2D eigenvalue weighted by atomic mass is 19.1. The molecule has 54 valence electrons. The Hall–Kier alpha value is -0.770. The molecule has 0 saturated heterocycles. The van der Waals surface area contributed by atoms with Crippen LogP contribution in [0.25, 0.3) is 0 Å². The van der Waals surface area contributed by atoms with Gasteiger partial charge in [0, 0.05) is 11.9 Å². The van der Waals surface area contributed by atoms with E-state index in [1.54, 1.807) is 6.92 Å². The predicted molar refractivity (Wildman–Crippen MR) is 34.8 cm³/mol. The summed E-state index contributed by atoms with van der Waals surface area (Å²) in [5.41, 5.74) is 5.82. The lowest BCUT2D eigenvalue weighted by Crippen LogP contribution is -2.28. The van der Waals surface area contributed by atoms with Crippen LogP contribution in [0.4, 0.5) is 4.39 Å². The summed E-state index contributed by atoms with van der Waals surface area (Å²) in [4.78, 5) is 0. The van der Waals surface area contributed by atoms with Gasteiger partial charge in [-0.05, 0) is 6.92 Å². The van der Waals surface area contributed by atoms with E-state index in [1.807, 2.05) is 0 Å². The number of halogens is 1. The zero-order chi connectivity index (χ0) is 7.28. The van der Waals surface area contributed by atoms with Crippen LogP contribution in [0, 0.1) is 0 Å². The van der Waals surface area contributed by atoms with Crippen LogP contribution in [0.3, 0.4) is 0 Å². The first-order chi connectivity index (χ1) is 4.16. The Morgan fingerprint density at radius 2 is 2.33 bits per heavy atom. The van der Waals surface area contributed by atoms with Gasteiger partial charge in [-0.2, -0.15) is 0 Å². The molecule has 0 aromatic carbocycles. The van der Waals surface area contributed by atoms with Gasteiger partial charge in [0.25, 0.3) is 0 Å². The minimum atomic E-state index is -0.458. The third-order valence-electron chi connectivity index (χ3n) is 0.712. The first-order valence-corrected chi connectivity index (χ1v) is 2.68. The van der Waals surface area contributed by atoms with E-state index in [0.29, 0.717) is 5.70 Å². The van der Waals surface area contributed by atoms with Crippen molar-refractivity contribution >= 4 is 0 Å². The standard InChI is InChI=1S/C5H12FN3/c1-5(7)4-9(8)3-2-6/h4H,2-3,7-8H2,1H3/b5-4-. The quantitative estimate of drug-likeness (QED) is 0.419. The largest absolute Gasteiger partial charge is 0.401 e. The van der Waals surface area contributed by atoms with Crippen molar-refractivity contribution < 1.29 is 4.39 Å². The molecule has 4 N–H and O–H groups in total. The number of alkyl halides is 1. The topological polar surface area (TPSA) is 55.3 Å². The minimum absolute atomic E-state index is 0.189. The Kier molecular flexibility index (Phi) is 3.79. The summed E-state index contributed by atoms with van der Waals surface area (Å²) in [5, 5.41) is 1.22. The van der Waals surface area contributed by atoms with Gasteiger partial charge in [0.1, 0.15) is 6.67 Å². The Balaban J connectivity index is 3.49. The van der Waals surface area contributed by atoms with Gasteiger partial charge in [-0.1, -0.05) is 0 Å². The molecule has 0 amide bonds. The zero-order valence-electron chi connectivity index (χ0n) is 5.47. The van der Waals surface area contributed by atoms with E-state index in [2.05, 4.69) is 0 Å². The second kappa shape index (κ2) is 4.14. The van der Waals surface area contributed by atoms with Crippen LogP contribution in [-0.2, 0) is 0 Å². The molecule has 0 fully saturated rings. The molecule has 0 spiro atoms. The molecular weight excluding hydrogens is 121 g/mol. The van der Waals surface area contributed by atoms with E-state index in [0.717, 1.165) is 0 Å². The van der Waals surface area contributed by atoms with Crippen LogP contribution in [0.5, 0.6) is 0 Å². The molecule has 9 heavy (non-hydrogen) atoms. The number of nitrogens with zero attached hydrogens (tertiary/aromatic N) is 1. The number of hydrogen-bond acceptors (Lipinski definition) is 3. The van der Waals surface area contributed by atoms with Gasteiger partial charge in [-0.15, -0.1) is 0 Å². The summed E-state index contributed by atoms with van der Waals surface area (Å²) < 4.78 is 11.5. The van der Waals surface area contributed by atoms with Gasteiger partial charge in [0.05, 0.1) is 6.54 Å². The summed E-state index contributed by atoms with van der Waals surface area (Å²) in [6, 6.07) is 0. The highest BCUT2D eigenvalue weighted by Gasteiger charge is 1.89. The molecule has 0 atom stereocenters. The molecule has 0 rings (SSSR count). The fraction of sp³-hybridized carbons (Fsp3) is 0.600. The van der Waals surface area contributed by atoms with Crippen molar-refractivity contribution in [1.29, 1.82) is 0 Å². The van der Waals surface area contributed by atoms with Crippen LogP contribution >= 0.6 is 0 Å². The maximum Gasteiger partial charge on any atom is 0.108 e. The van der Waals surface area contributed by atoms with Crippen molar-refractivity contribution in [3.63, 3.8) is 0 Å². The molecule has 0 aromatic rings.